The van der Waals surface area contributed by atoms with E-state index in [4.69, 9.17) is 0 Å². The molecular formula is C8H7F4P. The van der Waals surface area contributed by atoms with Crippen LogP contribution in [-0.4, -0.2) is 13.3 Å². The van der Waals surface area contributed by atoms with E-state index in [1.54, 1.807) is 0 Å². The van der Waals surface area contributed by atoms with Crippen molar-refractivity contribution in [3.8, 4) is 0 Å². The van der Waals surface area contributed by atoms with Crippen LogP contribution >= 0.6 is 7.92 Å². The number of halogens is 4. The Morgan fingerprint density at radius 1 is 0.923 bits per heavy atom. The highest BCUT2D eigenvalue weighted by Crippen LogP contribution is 2.28. The quantitative estimate of drug-likeness (QED) is 0.379. The van der Waals surface area contributed by atoms with Crippen LogP contribution in [0.25, 0.3) is 0 Å². The predicted octanol–water partition coefficient (Wildman–Crippen LogP) is 2.61. The second kappa shape index (κ2) is 3.62. The van der Waals surface area contributed by atoms with Crippen molar-refractivity contribution in [1.29, 1.82) is 0 Å². The third-order valence-corrected chi connectivity index (χ3v) is 2.82. The first-order valence-electron chi connectivity index (χ1n) is 3.45. The topological polar surface area (TPSA) is 0 Å². The summed E-state index contributed by atoms with van der Waals surface area (Å²) in [5, 5.41) is -0.479. The van der Waals surface area contributed by atoms with Gasteiger partial charge in [0.15, 0.2) is 23.3 Å². The Morgan fingerprint density at radius 3 is 1.62 bits per heavy atom. The molecule has 0 nitrogen and oxygen atoms in total. The Bertz CT molecular complexity index is 309. The van der Waals surface area contributed by atoms with Crippen LogP contribution in [0.2, 0.25) is 0 Å². The maximum absolute atomic E-state index is 12.9. The molecule has 1 aromatic rings. The Labute approximate surface area is 74.3 Å². The molecule has 1 rings (SSSR count). The van der Waals surface area contributed by atoms with Crippen molar-refractivity contribution in [1.82, 2.24) is 0 Å². The minimum Gasteiger partial charge on any atom is -0.204 e. The zero-order valence-electron chi connectivity index (χ0n) is 7.04. The monoisotopic (exact) mass is 210 g/mol. The van der Waals surface area contributed by atoms with Gasteiger partial charge in [-0.25, -0.2) is 17.6 Å². The van der Waals surface area contributed by atoms with Crippen LogP contribution < -0.4 is 5.30 Å². The Kier molecular flexibility index (Phi) is 2.91. The van der Waals surface area contributed by atoms with E-state index < -0.39 is 36.5 Å². The summed E-state index contributed by atoms with van der Waals surface area (Å²) >= 11 is 0. The summed E-state index contributed by atoms with van der Waals surface area (Å²) in [6, 6.07) is 0.215. The fraction of sp³-hybridized carbons (Fsp3) is 0.250. The fourth-order valence-corrected chi connectivity index (χ4v) is 1.95. The minimum absolute atomic E-state index is 0.215. The van der Waals surface area contributed by atoms with E-state index in [2.05, 4.69) is 0 Å². The number of hydrogen-bond donors (Lipinski definition) is 0. The van der Waals surface area contributed by atoms with Crippen LogP contribution in [0.4, 0.5) is 17.6 Å². The van der Waals surface area contributed by atoms with Crippen LogP contribution in [0.15, 0.2) is 6.07 Å². The SMILES string of the molecule is CP(C)c1c(F)c(F)cc(F)c1F. The maximum atomic E-state index is 12.9. The van der Waals surface area contributed by atoms with Gasteiger partial charge < -0.3 is 0 Å². The molecule has 0 aliphatic rings. The average Bonchev–Trinajstić information content (AvgIpc) is 2.01. The molecule has 0 aromatic heterocycles. The van der Waals surface area contributed by atoms with E-state index in [1.165, 1.54) is 13.3 Å². The second-order valence-corrected chi connectivity index (χ2v) is 4.95. The highest BCUT2D eigenvalue weighted by atomic mass is 31.1. The molecule has 0 bridgehead atoms. The molecule has 0 saturated carbocycles. The van der Waals surface area contributed by atoms with Crippen LogP contribution in [0.1, 0.15) is 0 Å². The van der Waals surface area contributed by atoms with E-state index in [-0.39, 0.29) is 6.07 Å². The predicted molar refractivity (Wildman–Crippen MR) is 44.7 cm³/mol. The zero-order chi connectivity index (χ0) is 10.2. The van der Waals surface area contributed by atoms with E-state index >= 15 is 0 Å². The van der Waals surface area contributed by atoms with Crippen molar-refractivity contribution in [2.24, 2.45) is 0 Å². The third-order valence-electron chi connectivity index (χ3n) is 1.54. The van der Waals surface area contributed by atoms with Gasteiger partial charge in [-0.2, -0.15) is 0 Å². The van der Waals surface area contributed by atoms with Gasteiger partial charge in [-0.05, 0) is 13.3 Å². The molecule has 0 amide bonds. The molecular weight excluding hydrogens is 203 g/mol. The molecule has 0 radical (unpaired) electrons. The lowest BCUT2D eigenvalue weighted by Gasteiger charge is -2.09. The van der Waals surface area contributed by atoms with Crippen molar-refractivity contribution in [3.63, 3.8) is 0 Å². The van der Waals surface area contributed by atoms with Crippen molar-refractivity contribution in [3.05, 3.63) is 29.3 Å². The molecule has 0 N–H and O–H groups in total. The van der Waals surface area contributed by atoms with Crippen LogP contribution in [0.5, 0.6) is 0 Å². The summed E-state index contributed by atoms with van der Waals surface area (Å²) in [7, 11) is -1.20. The molecule has 0 atom stereocenters. The van der Waals surface area contributed by atoms with E-state index in [9.17, 15) is 17.6 Å². The Morgan fingerprint density at radius 2 is 1.31 bits per heavy atom. The van der Waals surface area contributed by atoms with Gasteiger partial charge in [0, 0.05) is 6.07 Å². The zero-order valence-corrected chi connectivity index (χ0v) is 7.93. The molecule has 13 heavy (non-hydrogen) atoms. The van der Waals surface area contributed by atoms with Crippen molar-refractivity contribution >= 4 is 13.2 Å². The number of rotatable bonds is 1. The summed E-state index contributed by atoms with van der Waals surface area (Å²) in [5.74, 6) is -5.25. The molecule has 72 valence electrons. The lowest BCUT2D eigenvalue weighted by atomic mass is 10.3. The largest absolute Gasteiger partial charge is 0.204 e. The molecule has 0 fully saturated rings. The van der Waals surface area contributed by atoms with Gasteiger partial charge in [-0.3, -0.25) is 0 Å². The van der Waals surface area contributed by atoms with Gasteiger partial charge in [0.05, 0.1) is 5.30 Å². The normalized spacial score (nSPS) is 11.0. The third kappa shape index (κ3) is 1.83. The first kappa shape index (κ1) is 10.5. The van der Waals surface area contributed by atoms with Crippen molar-refractivity contribution < 1.29 is 17.6 Å². The second-order valence-electron chi connectivity index (χ2n) is 2.71. The molecule has 0 aliphatic carbocycles. The fourth-order valence-electron chi connectivity index (χ4n) is 0.953. The first-order valence-corrected chi connectivity index (χ1v) is 5.69. The van der Waals surface area contributed by atoms with Crippen molar-refractivity contribution in [2.75, 3.05) is 13.3 Å². The smallest absolute Gasteiger partial charge is 0.169 e. The average molecular weight is 210 g/mol. The van der Waals surface area contributed by atoms with Crippen LogP contribution in [0.3, 0.4) is 0 Å². The van der Waals surface area contributed by atoms with Gasteiger partial charge in [-0.1, -0.05) is 7.92 Å². The summed E-state index contributed by atoms with van der Waals surface area (Å²) < 4.78 is 51.1. The molecule has 0 spiro atoms. The first-order chi connectivity index (χ1) is 5.95. The maximum Gasteiger partial charge on any atom is 0.169 e. The number of benzene rings is 1. The van der Waals surface area contributed by atoms with Crippen molar-refractivity contribution in [2.45, 2.75) is 0 Å². The van der Waals surface area contributed by atoms with Crippen LogP contribution in [0, 0.1) is 23.3 Å². The van der Waals surface area contributed by atoms with Gasteiger partial charge in [0.25, 0.3) is 0 Å². The number of hydrogen-bond acceptors (Lipinski definition) is 0. The highest BCUT2D eigenvalue weighted by Gasteiger charge is 2.20. The Balaban J connectivity index is 3.46. The lowest BCUT2D eigenvalue weighted by Crippen LogP contribution is -2.15. The molecule has 0 saturated heterocycles. The van der Waals surface area contributed by atoms with Crippen LogP contribution in [-0.2, 0) is 0 Å². The van der Waals surface area contributed by atoms with E-state index in [0.717, 1.165) is 0 Å². The molecule has 1 aromatic carbocycles. The highest BCUT2D eigenvalue weighted by molar-refractivity contribution is 7.64. The molecule has 0 unspecified atom stereocenters. The summed E-state index contributed by atoms with van der Waals surface area (Å²) in [6.45, 7) is 3.05. The summed E-state index contributed by atoms with van der Waals surface area (Å²) in [5.41, 5.74) is 0. The summed E-state index contributed by atoms with van der Waals surface area (Å²) in [4.78, 5) is 0. The van der Waals surface area contributed by atoms with Gasteiger partial charge in [0.2, 0.25) is 0 Å². The van der Waals surface area contributed by atoms with E-state index in [1.807, 2.05) is 0 Å². The lowest BCUT2D eigenvalue weighted by molar-refractivity contribution is 0.463. The van der Waals surface area contributed by atoms with E-state index in [0.29, 0.717) is 0 Å². The molecule has 0 aliphatic heterocycles. The van der Waals surface area contributed by atoms with Gasteiger partial charge in [-0.15, -0.1) is 0 Å². The van der Waals surface area contributed by atoms with Gasteiger partial charge >= 0.3 is 0 Å². The van der Waals surface area contributed by atoms with Gasteiger partial charge in [0.1, 0.15) is 0 Å². The molecule has 5 heteroatoms. The Hall–Kier alpha value is -0.630. The summed E-state index contributed by atoms with van der Waals surface area (Å²) in [6.07, 6.45) is 0. The standard InChI is InChI=1S/C8H7F4P/c1-13(2)8-6(11)4(9)3-5(10)7(8)12/h3H,1-2H3. The minimum atomic E-state index is -1.34. The molecule has 0 heterocycles.